The van der Waals surface area contributed by atoms with Crippen LogP contribution in [0.4, 0.5) is 0 Å². The van der Waals surface area contributed by atoms with Gasteiger partial charge in [-0.1, -0.05) is 6.07 Å². The molecule has 0 spiro atoms. The number of hydrogen-bond donors (Lipinski definition) is 1. The SMILES string of the molecule is O=C(C1CCOCC1)N1CC[C@@H](Oc2cccc3c2OCCO3)[C@H](O)C1. The van der Waals surface area contributed by atoms with E-state index in [0.29, 0.717) is 63.2 Å². The number of benzene rings is 1. The lowest BCUT2D eigenvalue weighted by molar-refractivity contribution is -0.144. The highest BCUT2D eigenvalue weighted by atomic mass is 16.6. The van der Waals surface area contributed by atoms with Crippen molar-refractivity contribution in [3.8, 4) is 17.2 Å². The molecule has 3 aliphatic rings. The zero-order valence-electron chi connectivity index (χ0n) is 14.8. The average molecular weight is 363 g/mol. The first-order valence-corrected chi connectivity index (χ1v) is 9.32. The molecule has 0 unspecified atom stereocenters. The quantitative estimate of drug-likeness (QED) is 0.870. The summed E-state index contributed by atoms with van der Waals surface area (Å²) in [7, 11) is 0. The fourth-order valence-electron chi connectivity index (χ4n) is 3.75. The highest BCUT2D eigenvalue weighted by Crippen LogP contribution is 2.40. The minimum absolute atomic E-state index is 0.0140. The highest BCUT2D eigenvalue weighted by molar-refractivity contribution is 5.79. The van der Waals surface area contributed by atoms with Crippen LogP contribution in [-0.2, 0) is 9.53 Å². The second-order valence-electron chi connectivity index (χ2n) is 6.96. The Labute approximate surface area is 152 Å². The van der Waals surface area contributed by atoms with Crippen molar-refractivity contribution in [1.82, 2.24) is 4.90 Å². The first-order valence-electron chi connectivity index (χ1n) is 9.32. The summed E-state index contributed by atoms with van der Waals surface area (Å²) in [4.78, 5) is 14.4. The van der Waals surface area contributed by atoms with Crippen LogP contribution in [0.1, 0.15) is 19.3 Å². The zero-order valence-corrected chi connectivity index (χ0v) is 14.8. The molecule has 0 aromatic heterocycles. The number of carbonyl (C=O) groups excluding carboxylic acids is 1. The first-order chi connectivity index (χ1) is 12.7. The number of aliphatic hydroxyl groups is 1. The van der Waals surface area contributed by atoms with Gasteiger partial charge in [-0.3, -0.25) is 4.79 Å². The molecule has 2 fully saturated rings. The Morgan fingerprint density at radius 2 is 1.92 bits per heavy atom. The Morgan fingerprint density at radius 1 is 1.12 bits per heavy atom. The number of rotatable bonds is 3. The Balaban J connectivity index is 1.38. The van der Waals surface area contributed by atoms with Crippen molar-refractivity contribution in [3.63, 3.8) is 0 Å². The number of likely N-dealkylation sites (tertiary alicyclic amines) is 1. The fraction of sp³-hybridized carbons (Fsp3) is 0.632. The van der Waals surface area contributed by atoms with Crippen molar-refractivity contribution in [3.05, 3.63) is 18.2 Å². The van der Waals surface area contributed by atoms with Crippen LogP contribution in [0.15, 0.2) is 18.2 Å². The van der Waals surface area contributed by atoms with Crippen molar-refractivity contribution < 1.29 is 28.8 Å². The molecule has 7 nitrogen and oxygen atoms in total. The van der Waals surface area contributed by atoms with Crippen molar-refractivity contribution >= 4 is 5.91 Å². The third-order valence-corrected chi connectivity index (χ3v) is 5.21. The predicted molar refractivity (Wildman–Crippen MR) is 92.6 cm³/mol. The number of piperidine rings is 1. The van der Waals surface area contributed by atoms with Gasteiger partial charge in [-0.2, -0.15) is 0 Å². The Kier molecular flexibility index (Phi) is 5.17. The highest BCUT2D eigenvalue weighted by Gasteiger charge is 2.35. The number of fused-ring (bicyclic) bond motifs is 1. The molecule has 0 aliphatic carbocycles. The van der Waals surface area contributed by atoms with E-state index in [-0.39, 0.29) is 17.9 Å². The van der Waals surface area contributed by atoms with Gasteiger partial charge in [0.05, 0.1) is 6.54 Å². The third-order valence-electron chi connectivity index (χ3n) is 5.21. The number of para-hydroxylation sites is 1. The van der Waals surface area contributed by atoms with Crippen LogP contribution in [0.3, 0.4) is 0 Å². The lowest BCUT2D eigenvalue weighted by Crippen LogP contribution is -2.52. The Bertz CT molecular complexity index is 645. The van der Waals surface area contributed by atoms with Crippen molar-refractivity contribution in [2.24, 2.45) is 5.92 Å². The molecular formula is C19H25NO6. The lowest BCUT2D eigenvalue weighted by atomic mass is 9.96. The fourth-order valence-corrected chi connectivity index (χ4v) is 3.75. The largest absolute Gasteiger partial charge is 0.486 e. The summed E-state index contributed by atoms with van der Waals surface area (Å²) >= 11 is 0. The number of nitrogens with zero attached hydrogens (tertiary/aromatic N) is 1. The molecule has 7 heteroatoms. The van der Waals surface area contributed by atoms with Crippen LogP contribution in [0, 0.1) is 5.92 Å². The van der Waals surface area contributed by atoms with Gasteiger partial charge in [0.2, 0.25) is 11.7 Å². The van der Waals surface area contributed by atoms with E-state index in [1.165, 1.54) is 0 Å². The molecule has 3 aliphatic heterocycles. The molecule has 1 N–H and O–H groups in total. The molecule has 142 valence electrons. The van der Waals surface area contributed by atoms with E-state index in [9.17, 15) is 9.90 Å². The maximum Gasteiger partial charge on any atom is 0.225 e. The van der Waals surface area contributed by atoms with Crippen LogP contribution in [0.2, 0.25) is 0 Å². The summed E-state index contributed by atoms with van der Waals surface area (Å²) in [6.07, 6.45) is 1.01. The predicted octanol–water partition coefficient (Wildman–Crippen LogP) is 1.23. The van der Waals surface area contributed by atoms with Gasteiger partial charge in [-0.05, 0) is 25.0 Å². The van der Waals surface area contributed by atoms with E-state index in [0.717, 1.165) is 12.8 Å². The summed E-state index contributed by atoms with van der Waals surface area (Å²) in [5, 5.41) is 10.5. The van der Waals surface area contributed by atoms with Gasteiger partial charge in [-0.25, -0.2) is 0 Å². The van der Waals surface area contributed by atoms with Crippen molar-refractivity contribution in [2.45, 2.75) is 31.5 Å². The summed E-state index contributed by atoms with van der Waals surface area (Å²) in [5.41, 5.74) is 0. The Morgan fingerprint density at radius 3 is 2.73 bits per heavy atom. The minimum Gasteiger partial charge on any atom is -0.486 e. The zero-order chi connectivity index (χ0) is 17.9. The molecule has 0 radical (unpaired) electrons. The van der Waals surface area contributed by atoms with Crippen molar-refractivity contribution in [2.75, 3.05) is 39.5 Å². The number of aliphatic hydroxyl groups excluding tert-OH is 1. The van der Waals surface area contributed by atoms with E-state index in [4.69, 9.17) is 18.9 Å². The van der Waals surface area contributed by atoms with E-state index < -0.39 is 6.10 Å². The van der Waals surface area contributed by atoms with Crippen LogP contribution in [0.5, 0.6) is 17.2 Å². The van der Waals surface area contributed by atoms with Crippen molar-refractivity contribution in [1.29, 1.82) is 0 Å². The van der Waals surface area contributed by atoms with Gasteiger partial charge >= 0.3 is 0 Å². The van der Waals surface area contributed by atoms with Gasteiger partial charge < -0.3 is 29.0 Å². The monoisotopic (exact) mass is 363 g/mol. The average Bonchev–Trinajstić information content (AvgIpc) is 2.70. The lowest BCUT2D eigenvalue weighted by Gasteiger charge is -2.38. The molecule has 0 bridgehead atoms. The van der Waals surface area contributed by atoms with Crippen LogP contribution in [-0.4, -0.2) is 67.6 Å². The standard InChI is InChI=1S/C19H25NO6/c21-14-12-20(19(22)13-5-8-23-9-6-13)7-4-15(14)26-17-3-1-2-16-18(17)25-11-10-24-16/h1-3,13-15,21H,4-12H2/t14-,15-/m1/s1. The molecule has 26 heavy (non-hydrogen) atoms. The molecule has 1 aromatic rings. The summed E-state index contributed by atoms with van der Waals surface area (Å²) in [6, 6.07) is 5.51. The molecule has 2 atom stereocenters. The van der Waals surface area contributed by atoms with Gasteiger partial charge in [0, 0.05) is 32.1 Å². The molecule has 4 rings (SSSR count). The topological polar surface area (TPSA) is 77.5 Å². The molecule has 0 saturated carbocycles. The van der Waals surface area contributed by atoms with Gasteiger partial charge in [0.1, 0.15) is 25.4 Å². The van der Waals surface area contributed by atoms with Gasteiger partial charge in [-0.15, -0.1) is 0 Å². The van der Waals surface area contributed by atoms with E-state index in [2.05, 4.69) is 0 Å². The minimum atomic E-state index is -0.729. The summed E-state index contributed by atoms with van der Waals surface area (Å²) < 4.78 is 22.6. The second-order valence-corrected chi connectivity index (χ2v) is 6.96. The molecular weight excluding hydrogens is 338 g/mol. The summed E-state index contributed by atoms with van der Waals surface area (Å²) in [6.45, 7) is 3.16. The maximum atomic E-state index is 12.6. The van der Waals surface area contributed by atoms with Gasteiger partial charge in [0.25, 0.3) is 0 Å². The maximum absolute atomic E-state index is 12.6. The third kappa shape index (κ3) is 3.59. The van der Waals surface area contributed by atoms with Crippen LogP contribution in [0.25, 0.3) is 0 Å². The smallest absolute Gasteiger partial charge is 0.225 e. The van der Waals surface area contributed by atoms with Crippen LogP contribution < -0.4 is 14.2 Å². The van der Waals surface area contributed by atoms with Crippen LogP contribution >= 0.6 is 0 Å². The molecule has 1 aromatic carbocycles. The van der Waals surface area contributed by atoms with E-state index >= 15 is 0 Å². The normalized spacial score (nSPS) is 26.4. The molecule has 1 amide bonds. The number of β-amino-alcohol motifs (C(OH)–C–C–N with tert-alkyl or cyclic N) is 1. The Hall–Kier alpha value is -1.99. The van der Waals surface area contributed by atoms with E-state index in [1.54, 1.807) is 4.90 Å². The first kappa shape index (κ1) is 17.4. The van der Waals surface area contributed by atoms with E-state index in [1.807, 2.05) is 18.2 Å². The summed E-state index contributed by atoms with van der Waals surface area (Å²) in [5.74, 6) is 1.97. The number of carbonyl (C=O) groups is 1. The second kappa shape index (κ2) is 7.72. The number of amides is 1. The number of ether oxygens (including phenoxy) is 4. The number of hydrogen-bond acceptors (Lipinski definition) is 6. The molecule has 2 saturated heterocycles. The van der Waals surface area contributed by atoms with Gasteiger partial charge in [0.15, 0.2) is 11.5 Å². The molecule has 3 heterocycles.